The lowest BCUT2D eigenvalue weighted by Gasteiger charge is -2.29. The second kappa shape index (κ2) is 10.6. The fourth-order valence-electron chi connectivity index (χ4n) is 2.90. The molecule has 2 N–H and O–H groups in total. The molecule has 31 heavy (non-hydrogen) atoms. The zero-order valence-corrected chi connectivity index (χ0v) is 18.1. The molecule has 0 spiro atoms. The highest BCUT2D eigenvalue weighted by Gasteiger charge is 2.30. The molecule has 8 nitrogen and oxygen atoms in total. The van der Waals surface area contributed by atoms with Crippen molar-refractivity contribution in [3.63, 3.8) is 0 Å². The number of nitrogens with zero attached hydrogens (tertiary/aromatic N) is 1. The van der Waals surface area contributed by atoms with E-state index in [2.05, 4.69) is 10.3 Å². The predicted octanol–water partition coefficient (Wildman–Crippen LogP) is 3.09. The minimum absolute atomic E-state index is 0.0852. The molecule has 0 aliphatic carbocycles. The van der Waals surface area contributed by atoms with Crippen molar-refractivity contribution in [3.8, 4) is 17.2 Å². The fraction of sp³-hybridized carbons (Fsp3) is 0.409. The zero-order chi connectivity index (χ0) is 23.1. The Labute approximate surface area is 180 Å². The number of amides is 1. The average Bonchev–Trinajstić information content (AvgIpc) is 2.73. The van der Waals surface area contributed by atoms with E-state index in [1.165, 1.54) is 50.6 Å². The van der Waals surface area contributed by atoms with Crippen LogP contribution in [0.25, 0.3) is 0 Å². The Bertz CT molecular complexity index is 903. The van der Waals surface area contributed by atoms with Crippen LogP contribution in [0.5, 0.6) is 17.2 Å². The molecule has 1 heterocycles. The first-order valence-electron chi connectivity index (χ1n) is 9.79. The molecule has 0 aliphatic heterocycles. The largest absolute Gasteiger partial charge is 0.503 e. The molecule has 9 heteroatoms. The summed E-state index contributed by atoms with van der Waals surface area (Å²) >= 11 is 0. The minimum Gasteiger partial charge on any atom is -0.503 e. The van der Waals surface area contributed by atoms with Crippen LogP contribution in [-0.2, 0) is 9.53 Å². The number of aromatic nitrogens is 1. The number of hydrogen-bond donors (Lipinski definition) is 2. The highest BCUT2D eigenvalue weighted by molar-refractivity contribution is 5.97. The number of ether oxygens (including phenoxy) is 3. The van der Waals surface area contributed by atoms with Crippen LogP contribution in [-0.4, -0.2) is 47.3 Å². The van der Waals surface area contributed by atoms with Crippen molar-refractivity contribution < 1.29 is 33.3 Å². The first-order chi connectivity index (χ1) is 14.6. The Morgan fingerprint density at radius 3 is 2.32 bits per heavy atom. The van der Waals surface area contributed by atoms with Crippen molar-refractivity contribution in [2.45, 2.75) is 45.9 Å². The normalized spacial score (nSPS) is 13.8. The summed E-state index contributed by atoms with van der Waals surface area (Å²) in [6.45, 7) is 6.93. The van der Waals surface area contributed by atoms with Crippen molar-refractivity contribution in [2.24, 2.45) is 5.92 Å². The summed E-state index contributed by atoms with van der Waals surface area (Å²) in [5, 5.41) is 12.5. The molecule has 0 unspecified atom stereocenters. The lowest BCUT2D eigenvalue weighted by atomic mass is 10.0. The molecule has 0 saturated heterocycles. The summed E-state index contributed by atoms with van der Waals surface area (Å²) in [6, 6.07) is 5.91. The van der Waals surface area contributed by atoms with Gasteiger partial charge in [0.15, 0.2) is 17.2 Å². The van der Waals surface area contributed by atoms with Gasteiger partial charge in [0.2, 0.25) is 0 Å². The topological polar surface area (TPSA) is 107 Å². The van der Waals surface area contributed by atoms with Gasteiger partial charge in [0.1, 0.15) is 29.8 Å². The van der Waals surface area contributed by atoms with Crippen molar-refractivity contribution >= 4 is 11.9 Å². The van der Waals surface area contributed by atoms with Crippen LogP contribution >= 0.6 is 0 Å². The third-order valence-electron chi connectivity index (χ3n) is 4.53. The Morgan fingerprint density at radius 2 is 1.74 bits per heavy atom. The molecule has 3 atom stereocenters. The van der Waals surface area contributed by atoms with E-state index in [0.29, 0.717) is 5.75 Å². The molecule has 168 valence electrons. The minimum atomic E-state index is -1.01. The summed E-state index contributed by atoms with van der Waals surface area (Å²) in [4.78, 5) is 28.8. The van der Waals surface area contributed by atoms with Gasteiger partial charge in [0, 0.05) is 12.3 Å². The van der Waals surface area contributed by atoms with Gasteiger partial charge in [-0.1, -0.05) is 13.8 Å². The second-order valence-electron chi connectivity index (χ2n) is 7.33. The number of nitrogens with one attached hydrogen (secondary N) is 1. The first-order valence-corrected chi connectivity index (χ1v) is 9.79. The lowest BCUT2D eigenvalue weighted by Crippen LogP contribution is -2.45. The van der Waals surface area contributed by atoms with Gasteiger partial charge in [0.05, 0.1) is 7.11 Å². The van der Waals surface area contributed by atoms with Crippen LogP contribution in [0.2, 0.25) is 0 Å². The molecule has 1 amide bonds. The number of hydrogen-bond acceptors (Lipinski definition) is 7. The van der Waals surface area contributed by atoms with E-state index in [1.807, 2.05) is 13.8 Å². The molecule has 2 aromatic rings. The number of carbonyl (C=O) groups excluding carboxylic acids is 2. The van der Waals surface area contributed by atoms with Crippen LogP contribution in [0, 0.1) is 11.7 Å². The zero-order valence-electron chi connectivity index (χ0n) is 18.1. The quantitative estimate of drug-likeness (QED) is 0.584. The number of pyridine rings is 1. The Morgan fingerprint density at radius 1 is 1.10 bits per heavy atom. The third-order valence-corrected chi connectivity index (χ3v) is 4.53. The Kier molecular flexibility index (Phi) is 8.18. The van der Waals surface area contributed by atoms with Crippen LogP contribution in [0.1, 0.15) is 38.2 Å². The Hall–Kier alpha value is -3.36. The molecule has 1 aromatic heterocycles. The molecular formula is C22H27FN2O6. The predicted molar refractivity (Wildman–Crippen MR) is 111 cm³/mol. The van der Waals surface area contributed by atoms with Gasteiger partial charge in [-0.15, -0.1) is 0 Å². The molecule has 1 aromatic carbocycles. The number of halogens is 1. The molecule has 0 bridgehead atoms. The SMILES string of the molecule is COc1ccnc(C(=O)N[C@@H](C)C(=O)O[C@H](C(C)C)[C@H](C)Oc2ccc(F)cc2)c1O. The molecule has 0 fully saturated rings. The summed E-state index contributed by atoms with van der Waals surface area (Å²) in [5.41, 5.74) is -0.271. The van der Waals surface area contributed by atoms with Crippen molar-refractivity contribution in [3.05, 3.63) is 48.0 Å². The molecule has 2 rings (SSSR count). The maximum atomic E-state index is 13.1. The number of aromatic hydroxyl groups is 1. The second-order valence-corrected chi connectivity index (χ2v) is 7.33. The number of benzene rings is 1. The number of rotatable bonds is 9. The van der Waals surface area contributed by atoms with Gasteiger partial charge in [-0.25, -0.2) is 14.2 Å². The van der Waals surface area contributed by atoms with E-state index in [4.69, 9.17) is 14.2 Å². The van der Waals surface area contributed by atoms with Crippen molar-refractivity contribution in [1.82, 2.24) is 10.3 Å². The van der Waals surface area contributed by atoms with E-state index in [1.54, 1.807) is 6.92 Å². The van der Waals surface area contributed by atoms with E-state index >= 15 is 0 Å². The summed E-state index contributed by atoms with van der Waals surface area (Å²) in [5.74, 6) is -1.80. The van der Waals surface area contributed by atoms with Crippen LogP contribution < -0.4 is 14.8 Å². The third kappa shape index (κ3) is 6.31. The monoisotopic (exact) mass is 434 g/mol. The summed E-state index contributed by atoms with van der Waals surface area (Å²) in [6.07, 6.45) is 0.154. The average molecular weight is 434 g/mol. The highest BCUT2D eigenvalue weighted by atomic mass is 19.1. The highest BCUT2D eigenvalue weighted by Crippen LogP contribution is 2.27. The van der Waals surface area contributed by atoms with Gasteiger partial charge in [-0.05, 0) is 44.0 Å². The fourth-order valence-corrected chi connectivity index (χ4v) is 2.90. The van der Waals surface area contributed by atoms with E-state index in [9.17, 15) is 19.1 Å². The molecular weight excluding hydrogens is 407 g/mol. The number of methoxy groups -OCH3 is 1. The molecule has 0 saturated carbocycles. The van der Waals surface area contributed by atoms with Gasteiger partial charge >= 0.3 is 5.97 Å². The maximum Gasteiger partial charge on any atom is 0.328 e. The van der Waals surface area contributed by atoms with Gasteiger partial charge in [-0.2, -0.15) is 0 Å². The standard InChI is InChI=1S/C22H27FN2O6/c1-12(2)20(14(4)30-16-8-6-15(23)7-9-16)31-22(28)13(3)25-21(27)18-19(26)17(29-5)10-11-24-18/h6-14,20,26H,1-5H3,(H,25,27)/t13-,14-,20+/m0/s1. The smallest absolute Gasteiger partial charge is 0.328 e. The molecule has 0 radical (unpaired) electrons. The van der Waals surface area contributed by atoms with Gasteiger partial charge < -0.3 is 24.6 Å². The lowest BCUT2D eigenvalue weighted by molar-refractivity contribution is -0.158. The van der Waals surface area contributed by atoms with E-state index in [-0.39, 0.29) is 23.2 Å². The molecule has 0 aliphatic rings. The van der Waals surface area contributed by atoms with Crippen LogP contribution in [0.4, 0.5) is 4.39 Å². The first kappa shape index (κ1) is 23.9. The van der Waals surface area contributed by atoms with Gasteiger partial charge in [-0.3, -0.25) is 4.79 Å². The van der Waals surface area contributed by atoms with Gasteiger partial charge in [0.25, 0.3) is 5.91 Å². The van der Waals surface area contributed by atoms with Crippen molar-refractivity contribution in [1.29, 1.82) is 0 Å². The van der Waals surface area contributed by atoms with Crippen molar-refractivity contribution in [2.75, 3.05) is 7.11 Å². The van der Waals surface area contributed by atoms with Crippen LogP contribution in [0.3, 0.4) is 0 Å². The number of carbonyl (C=O) groups is 2. The Balaban J connectivity index is 2.02. The number of esters is 1. The van der Waals surface area contributed by atoms with Crippen LogP contribution in [0.15, 0.2) is 36.5 Å². The maximum absolute atomic E-state index is 13.1. The van der Waals surface area contributed by atoms with E-state index in [0.717, 1.165) is 0 Å². The summed E-state index contributed by atoms with van der Waals surface area (Å²) < 4.78 is 29.4. The van der Waals surface area contributed by atoms with E-state index < -0.39 is 35.9 Å². The summed E-state index contributed by atoms with van der Waals surface area (Å²) in [7, 11) is 1.35.